The predicted molar refractivity (Wildman–Crippen MR) is 37.5 cm³/mol. The summed E-state index contributed by atoms with van der Waals surface area (Å²) in [5.41, 5.74) is 0. The highest BCUT2D eigenvalue weighted by atomic mass is 13.9. The van der Waals surface area contributed by atoms with Gasteiger partial charge in [0, 0.05) is 14.5 Å². The standard InChI is InChI=1S/C8H14/c1-7(2)5-6-8(3)4/h7-8H,1-4H3/i7D,8D. The molecular weight excluding hydrogens is 96.1 g/mol. The van der Waals surface area contributed by atoms with Crippen LogP contribution in [0.2, 0.25) is 0 Å². The van der Waals surface area contributed by atoms with E-state index in [4.69, 9.17) is 2.74 Å². The van der Waals surface area contributed by atoms with Gasteiger partial charge >= 0.3 is 0 Å². The van der Waals surface area contributed by atoms with Gasteiger partial charge in [0.25, 0.3) is 0 Å². The fourth-order valence-electron chi connectivity index (χ4n) is 0.250. The summed E-state index contributed by atoms with van der Waals surface area (Å²) in [6, 6.07) is 0. The maximum Gasteiger partial charge on any atom is 0.0433 e. The first kappa shape index (κ1) is 4.44. The molecule has 0 N–H and O–H groups in total. The average Bonchev–Trinajstić information content (AvgIpc) is 1.57. The fourth-order valence-corrected chi connectivity index (χ4v) is 0.250. The zero-order valence-electron chi connectivity index (χ0n) is 8.00. The highest BCUT2D eigenvalue weighted by molar-refractivity contribution is 5.03. The van der Waals surface area contributed by atoms with Crippen LogP contribution < -0.4 is 0 Å². The Balaban J connectivity index is 4.19. The molecule has 0 radical (unpaired) electrons. The molecule has 0 saturated heterocycles. The Hall–Kier alpha value is -0.440. The molecule has 0 nitrogen and oxygen atoms in total. The Morgan fingerprint density at radius 2 is 1.25 bits per heavy atom. The topological polar surface area (TPSA) is 0 Å². The molecule has 0 heteroatoms. The van der Waals surface area contributed by atoms with Crippen molar-refractivity contribution in [3.05, 3.63) is 0 Å². The zero-order valence-corrected chi connectivity index (χ0v) is 6.00. The van der Waals surface area contributed by atoms with Gasteiger partial charge < -0.3 is 0 Å². The van der Waals surface area contributed by atoms with Crippen LogP contribution in [0.4, 0.5) is 0 Å². The number of hydrogen-bond acceptors (Lipinski definition) is 0. The monoisotopic (exact) mass is 112 g/mol. The molecule has 8 heavy (non-hydrogen) atoms. The van der Waals surface area contributed by atoms with Crippen molar-refractivity contribution < 1.29 is 2.74 Å². The fraction of sp³-hybridized carbons (Fsp3) is 0.750. The summed E-state index contributed by atoms with van der Waals surface area (Å²) in [6.45, 7) is 6.86. The van der Waals surface area contributed by atoms with Crippen molar-refractivity contribution in [2.75, 3.05) is 0 Å². The Labute approximate surface area is 55.1 Å². The molecule has 0 rings (SSSR count). The third kappa shape index (κ3) is 5.56. The van der Waals surface area contributed by atoms with Crippen LogP contribution in [0.25, 0.3) is 0 Å². The molecule has 0 aromatic carbocycles. The molecule has 0 aliphatic carbocycles. The molecule has 0 bridgehead atoms. The Morgan fingerprint density at radius 1 is 1.00 bits per heavy atom. The lowest BCUT2D eigenvalue weighted by molar-refractivity contribution is 0.833. The highest BCUT2D eigenvalue weighted by Gasteiger charge is 1.83. The molecule has 0 heterocycles. The summed E-state index contributed by atoms with van der Waals surface area (Å²) in [4.78, 5) is 0. The maximum atomic E-state index is 7.35. The molecule has 0 aromatic heterocycles. The lowest BCUT2D eigenvalue weighted by atomic mass is 10.2. The molecular formula is C8H14. The van der Waals surface area contributed by atoms with E-state index in [0.717, 1.165) is 0 Å². The third-order valence-corrected chi connectivity index (χ3v) is 0.562. The van der Waals surface area contributed by atoms with Gasteiger partial charge in [0.2, 0.25) is 0 Å². The molecule has 0 aromatic rings. The Bertz CT molecular complexity index is 140. The molecule has 0 aliphatic rings. The number of hydrogen-bond donors (Lipinski definition) is 0. The van der Waals surface area contributed by atoms with E-state index in [1.165, 1.54) is 0 Å². The highest BCUT2D eigenvalue weighted by Crippen LogP contribution is 1.90. The van der Waals surface area contributed by atoms with Gasteiger partial charge in [-0.3, -0.25) is 0 Å². The summed E-state index contributed by atoms with van der Waals surface area (Å²) in [6.07, 6.45) is 0. The smallest absolute Gasteiger partial charge is 0.0433 e. The van der Waals surface area contributed by atoms with Crippen molar-refractivity contribution in [1.82, 2.24) is 0 Å². The van der Waals surface area contributed by atoms with Crippen LogP contribution in [0.3, 0.4) is 0 Å². The van der Waals surface area contributed by atoms with E-state index in [2.05, 4.69) is 11.8 Å². The van der Waals surface area contributed by atoms with Gasteiger partial charge in [0.05, 0.1) is 0 Å². The molecule has 0 fully saturated rings. The quantitative estimate of drug-likeness (QED) is 0.422. The largest absolute Gasteiger partial charge is 0.100 e. The summed E-state index contributed by atoms with van der Waals surface area (Å²) >= 11 is 0. The van der Waals surface area contributed by atoms with E-state index in [-0.39, 0.29) is 0 Å². The lowest BCUT2D eigenvalue weighted by Crippen LogP contribution is -1.82. The van der Waals surface area contributed by atoms with Crippen LogP contribution in [0.15, 0.2) is 0 Å². The van der Waals surface area contributed by atoms with Crippen molar-refractivity contribution in [2.45, 2.75) is 27.7 Å². The average molecular weight is 112 g/mol. The normalized spacial score (nSPS) is 15.5. The van der Waals surface area contributed by atoms with Gasteiger partial charge in [-0.25, -0.2) is 0 Å². The van der Waals surface area contributed by atoms with Gasteiger partial charge in [-0.15, -0.1) is 11.8 Å². The van der Waals surface area contributed by atoms with Gasteiger partial charge in [-0.1, -0.05) is 27.7 Å². The first-order valence-corrected chi connectivity index (χ1v) is 2.75. The predicted octanol–water partition coefficient (Wildman–Crippen LogP) is 2.30. The van der Waals surface area contributed by atoms with Crippen LogP contribution in [0, 0.1) is 23.6 Å². The first-order chi connectivity index (χ1) is 4.21. The van der Waals surface area contributed by atoms with Crippen LogP contribution in [-0.2, 0) is 0 Å². The van der Waals surface area contributed by atoms with Crippen LogP contribution in [-0.4, -0.2) is 0 Å². The van der Waals surface area contributed by atoms with Crippen LogP contribution in [0.5, 0.6) is 0 Å². The van der Waals surface area contributed by atoms with Crippen LogP contribution >= 0.6 is 0 Å². The molecule has 0 aliphatic heterocycles. The Morgan fingerprint density at radius 3 is 1.38 bits per heavy atom. The van der Waals surface area contributed by atoms with Crippen molar-refractivity contribution in [1.29, 1.82) is 0 Å². The van der Waals surface area contributed by atoms with E-state index < -0.39 is 11.8 Å². The van der Waals surface area contributed by atoms with Crippen LogP contribution in [0.1, 0.15) is 30.4 Å². The summed E-state index contributed by atoms with van der Waals surface area (Å²) < 4.78 is 14.7. The van der Waals surface area contributed by atoms with E-state index in [1.54, 1.807) is 27.7 Å². The van der Waals surface area contributed by atoms with E-state index in [1.807, 2.05) is 0 Å². The minimum atomic E-state index is -0.724. The molecule has 46 valence electrons. The zero-order chi connectivity index (χ0) is 8.41. The van der Waals surface area contributed by atoms with Gasteiger partial charge in [0.15, 0.2) is 0 Å². The van der Waals surface area contributed by atoms with Crippen molar-refractivity contribution in [3.8, 4) is 11.8 Å². The summed E-state index contributed by atoms with van der Waals surface area (Å²) in [5.74, 6) is 3.93. The summed E-state index contributed by atoms with van der Waals surface area (Å²) in [5, 5.41) is 0. The second-order valence-corrected chi connectivity index (χ2v) is 2.25. The van der Waals surface area contributed by atoms with Gasteiger partial charge in [0.1, 0.15) is 0 Å². The summed E-state index contributed by atoms with van der Waals surface area (Å²) in [7, 11) is 0. The molecule has 0 saturated carbocycles. The first-order valence-electron chi connectivity index (χ1n) is 3.75. The molecule has 0 unspecified atom stereocenters. The van der Waals surface area contributed by atoms with E-state index in [9.17, 15) is 0 Å². The molecule has 0 spiro atoms. The van der Waals surface area contributed by atoms with Gasteiger partial charge in [-0.05, 0) is 0 Å². The van der Waals surface area contributed by atoms with Crippen molar-refractivity contribution in [3.63, 3.8) is 0 Å². The third-order valence-electron chi connectivity index (χ3n) is 0.562. The number of rotatable bonds is 0. The minimum Gasteiger partial charge on any atom is -0.100 e. The van der Waals surface area contributed by atoms with Gasteiger partial charge in [-0.2, -0.15) is 0 Å². The second kappa shape index (κ2) is 3.55. The lowest BCUT2D eigenvalue weighted by Gasteiger charge is -1.89. The minimum absolute atomic E-state index is 0.724. The SMILES string of the molecule is [2H]C(C)(C)C#CC([2H])(C)C. The Kier molecular flexibility index (Phi) is 1.97. The second-order valence-electron chi connectivity index (χ2n) is 2.25. The van der Waals surface area contributed by atoms with Crippen molar-refractivity contribution in [2.24, 2.45) is 11.8 Å². The van der Waals surface area contributed by atoms with E-state index >= 15 is 0 Å². The molecule has 0 amide bonds. The maximum absolute atomic E-state index is 7.35. The van der Waals surface area contributed by atoms with E-state index in [0.29, 0.717) is 0 Å². The van der Waals surface area contributed by atoms with Crippen molar-refractivity contribution >= 4 is 0 Å². The molecule has 0 atom stereocenters.